The first-order chi connectivity index (χ1) is 8.33. The van der Waals surface area contributed by atoms with Gasteiger partial charge in [0, 0.05) is 18.4 Å². The molecule has 3 nitrogen and oxygen atoms in total. The highest BCUT2D eigenvalue weighted by Crippen LogP contribution is 2.17. The molecule has 0 saturated carbocycles. The summed E-state index contributed by atoms with van der Waals surface area (Å²) in [6.07, 6.45) is 3.01. The summed E-state index contributed by atoms with van der Waals surface area (Å²) in [6, 6.07) is 12.4. The van der Waals surface area contributed by atoms with Gasteiger partial charge in [-0.1, -0.05) is 19.1 Å². The van der Waals surface area contributed by atoms with Crippen LogP contribution in [0.4, 0.5) is 11.5 Å². The molecule has 0 aliphatic heterocycles. The Morgan fingerprint density at radius 1 is 1.18 bits per heavy atom. The van der Waals surface area contributed by atoms with Crippen molar-refractivity contribution >= 4 is 11.5 Å². The van der Waals surface area contributed by atoms with Gasteiger partial charge >= 0.3 is 0 Å². The lowest BCUT2D eigenvalue weighted by molar-refractivity contribution is 0.277. The summed E-state index contributed by atoms with van der Waals surface area (Å²) in [5, 5.41) is 12.3. The van der Waals surface area contributed by atoms with Gasteiger partial charge < -0.3 is 15.0 Å². The van der Waals surface area contributed by atoms with Crippen LogP contribution in [0.2, 0.25) is 0 Å². The number of nitrogens with one attached hydrogen (secondary N) is 1. The third-order valence-corrected chi connectivity index (χ3v) is 2.81. The number of nitrogens with zero attached hydrogens (tertiary/aromatic N) is 1. The first kappa shape index (κ1) is 11.7. The number of anilines is 2. The van der Waals surface area contributed by atoms with E-state index < -0.39 is 0 Å². The number of aromatic nitrogens is 1. The first-order valence-electron chi connectivity index (χ1n) is 5.95. The third-order valence-electron chi connectivity index (χ3n) is 2.81. The minimum atomic E-state index is 0.151. The number of benzene rings is 1. The standard InChI is InChI=1S/C14H18N2O/c1-2-12-5-7-13(8-6-12)15-14-4-3-9-16(14)10-11-17/h3-9,15,17H,2,10-11H2,1H3. The van der Waals surface area contributed by atoms with Crippen LogP contribution in [0.1, 0.15) is 12.5 Å². The van der Waals surface area contributed by atoms with Crippen LogP contribution in [0, 0.1) is 0 Å². The smallest absolute Gasteiger partial charge is 0.110 e. The van der Waals surface area contributed by atoms with E-state index in [2.05, 4.69) is 36.5 Å². The molecule has 17 heavy (non-hydrogen) atoms. The second kappa shape index (κ2) is 5.55. The number of hydrogen-bond donors (Lipinski definition) is 2. The third kappa shape index (κ3) is 2.88. The molecule has 0 bridgehead atoms. The van der Waals surface area contributed by atoms with Crippen LogP contribution >= 0.6 is 0 Å². The van der Waals surface area contributed by atoms with E-state index in [1.165, 1.54) is 5.56 Å². The van der Waals surface area contributed by atoms with Crippen LogP contribution < -0.4 is 5.32 Å². The summed E-state index contributed by atoms with van der Waals surface area (Å²) in [5.41, 5.74) is 2.40. The fourth-order valence-electron chi connectivity index (χ4n) is 1.80. The zero-order valence-electron chi connectivity index (χ0n) is 10.1. The Morgan fingerprint density at radius 3 is 2.59 bits per heavy atom. The molecule has 1 heterocycles. The SMILES string of the molecule is CCc1ccc(Nc2cccn2CCO)cc1. The molecule has 0 atom stereocenters. The van der Waals surface area contributed by atoms with E-state index in [9.17, 15) is 0 Å². The maximum absolute atomic E-state index is 8.95. The fraction of sp³-hybridized carbons (Fsp3) is 0.286. The molecule has 0 amide bonds. The van der Waals surface area contributed by atoms with Gasteiger partial charge in [-0.2, -0.15) is 0 Å². The Balaban J connectivity index is 2.10. The van der Waals surface area contributed by atoms with Crippen LogP contribution in [0.3, 0.4) is 0 Å². The van der Waals surface area contributed by atoms with Crippen molar-refractivity contribution in [3.8, 4) is 0 Å². The van der Waals surface area contributed by atoms with E-state index in [0.29, 0.717) is 6.54 Å². The second-order valence-electron chi connectivity index (χ2n) is 3.99. The van der Waals surface area contributed by atoms with Crippen LogP contribution in [0.5, 0.6) is 0 Å². The molecule has 0 fully saturated rings. The highest BCUT2D eigenvalue weighted by Gasteiger charge is 2.00. The molecular weight excluding hydrogens is 212 g/mol. The van der Waals surface area contributed by atoms with Crippen LogP contribution in [0.25, 0.3) is 0 Å². The number of aliphatic hydroxyl groups is 1. The Morgan fingerprint density at radius 2 is 1.94 bits per heavy atom. The Hall–Kier alpha value is -1.74. The quantitative estimate of drug-likeness (QED) is 0.828. The van der Waals surface area contributed by atoms with E-state index >= 15 is 0 Å². The van der Waals surface area contributed by atoms with Crippen molar-refractivity contribution in [1.82, 2.24) is 4.57 Å². The van der Waals surface area contributed by atoms with Crippen LogP contribution in [-0.4, -0.2) is 16.3 Å². The van der Waals surface area contributed by atoms with Crippen molar-refractivity contribution in [3.05, 3.63) is 48.2 Å². The monoisotopic (exact) mass is 230 g/mol. The minimum absolute atomic E-state index is 0.151. The molecule has 1 aromatic carbocycles. The highest BCUT2D eigenvalue weighted by atomic mass is 16.3. The largest absolute Gasteiger partial charge is 0.395 e. The Kier molecular flexibility index (Phi) is 3.83. The lowest BCUT2D eigenvalue weighted by atomic mass is 10.1. The van der Waals surface area contributed by atoms with Crippen molar-refractivity contribution in [2.45, 2.75) is 19.9 Å². The Labute approximate surface area is 102 Å². The predicted octanol–water partition coefficient (Wildman–Crippen LogP) is 2.79. The van der Waals surface area contributed by atoms with Crippen LogP contribution in [0.15, 0.2) is 42.6 Å². The maximum atomic E-state index is 8.95. The normalized spacial score (nSPS) is 10.5. The molecule has 0 spiro atoms. The van der Waals surface area contributed by atoms with Gasteiger partial charge in [-0.15, -0.1) is 0 Å². The van der Waals surface area contributed by atoms with Gasteiger partial charge in [0.1, 0.15) is 5.82 Å². The van der Waals surface area contributed by atoms with Crippen molar-refractivity contribution < 1.29 is 5.11 Å². The summed E-state index contributed by atoms with van der Waals surface area (Å²) >= 11 is 0. The minimum Gasteiger partial charge on any atom is -0.395 e. The fourth-order valence-corrected chi connectivity index (χ4v) is 1.80. The predicted molar refractivity (Wildman–Crippen MR) is 70.6 cm³/mol. The maximum Gasteiger partial charge on any atom is 0.110 e. The number of aliphatic hydroxyl groups excluding tert-OH is 1. The summed E-state index contributed by atoms with van der Waals surface area (Å²) < 4.78 is 1.99. The van der Waals surface area contributed by atoms with E-state index in [4.69, 9.17) is 5.11 Å². The van der Waals surface area contributed by atoms with Gasteiger partial charge in [0.15, 0.2) is 0 Å². The molecule has 2 rings (SSSR count). The van der Waals surface area contributed by atoms with Crippen molar-refractivity contribution in [2.24, 2.45) is 0 Å². The first-order valence-corrected chi connectivity index (χ1v) is 5.95. The topological polar surface area (TPSA) is 37.2 Å². The van der Waals surface area contributed by atoms with E-state index in [1.807, 2.05) is 22.9 Å². The number of rotatable bonds is 5. The van der Waals surface area contributed by atoms with Gasteiger partial charge in [-0.3, -0.25) is 0 Å². The Bertz CT molecular complexity index is 459. The molecule has 0 unspecified atom stereocenters. The number of hydrogen-bond acceptors (Lipinski definition) is 2. The summed E-state index contributed by atoms with van der Waals surface area (Å²) in [7, 11) is 0. The van der Waals surface area contributed by atoms with Crippen molar-refractivity contribution in [3.63, 3.8) is 0 Å². The van der Waals surface area contributed by atoms with Gasteiger partial charge in [-0.25, -0.2) is 0 Å². The summed E-state index contributed by atoms with van der Waals surface area (Å²) in [6.45, 7) is 2.91. The molecule has 0 aliphatic carbocycles. The summed E-state index contributed by atoms with van der Waals surface area (Å²) in [4.78, 5) is 0. The summed E-state index contributed by atoms with van der Waals surface area (Å²) in [5.74, 6) is 1.00. The number of aryl methyl sites for hydroxylation is 1. The lowest BCUT2D eigenvalue weighted by Gasteiger charge is -2.10. The van der Waals surface area contributed by atoms with E-state index in [0.717, 1.165) is 17.9 Å². The molecule has 0 radical (unpaired) electrons. The van der Waals surface area contributed by atoms with Crippen molar-refractivity contribution in [2.75, 3.05) is 11.9 Å². The highest BCUT2D eigenvalue weighted by molar-refractivity contribution is 5.57. The van der Waals surface area contributed by atoms with Crippen molar-refractivity contribution in [1.29, 1.82) is 0 Å². The molecule has 0 saturated heterocycles. The second-order valence-corrected chi connectivity index (χ2v) is 3.99. The zero-order chi connectivity index (χ0) is 12.1. The zero-order valence-corrected chi connectivity index (χ0v) is 10.1. The van der Waals surface area contributed by atoms with Gasteiger partial charge in [0.05, 0.1) is 6.61 Å². The van der Waals surface area contributed by atoms with E-state index in [1.54, 1.807) is 0 Å². The van der Waals surface area contributed by atoms with Crippen LogP contribution in [-0.2, 0) is 13.0 Å². The average Bonchev–Trinajstić information content (AvgIpc) is 2.78. The molecular formula is C14H18N2O. The van der Waals surface area contributed by atoms with Gasteiger partial charge in [0.25, 0.3) is 0 Å². The molecule has 0 aliphatic rings. The molecule has 3 heteroatoms. The van der Waals surface area contributed by atoms with E-state index in [-0.39, 0.29) is 6.61 Å². The molecule has 1 aromatic heterocycles. The lowest BCUT2D eigenvalue weighted by Crippen LogP contribution is -2.04. The average molecular weight is 230 g/mol. The molecule has 90 valence electrons. The van der Waals surface area contributed by atoms with Gasteiger partial charge in [0.2, 0.25) is 0 Å². The van der Waals surface area contributed by atoms with Gasteiger partial charge in [-0.05, 0) is 36.2 Å². The molecule has 2 aromatic rings. The molecule has 2 N–H and O–H groups in total.